The summed E-state index contributed by atoms with van der Waals surface area (Å²) in [5.41, 5.74) is 4.07. The molecule has 0 fully saturated rings. The van der Waals surface area contributed by atoms with Crippen molar-refractivity contribution < 1.29 is 9.18 Å². The van der Waals surface area contributed by atoms with Crippen LogP contribution in [0.4, 0.5) is 10.1 Å². The Bertz CT molecular complexity index is 1280. The van der Waals surface area contributed by atoms with Crippen molar-refractivity contribution in [2.24, 2.45) is 0 Å². The van der Waals surface area contributed by atoms with E-state index in [9.17, 15) is 14.0 Å². The van der Waals surface area contributed by atoms with Crippen LogP contribution in [0.1, 0.15) is 11.1 Å². The van der Waals surface area contributed by atoms with Crippen molar-refractivity contribution in [3.05, 3.63) is 76.1 Å². The molecule has 0 unspecified atom stereocenters. The minimum absolute atomic E-state index is 0.154. The Labute approximate surface area is 169 Å². The lowest BCUT2D eigenvalue weighted by atomic mass is 10.1. The first kappa shape index (κ1) is 18.9. The minimum Gasteiger partial charge on any atom is -0.324 e. The molecule has 0 atom stereocenters. The highest BCUT2D eigenvalue weighted by molar-refractivity contribution is 7.13. The molecule has 0 bridgehead atoms. The van der Waals surface area contributed by atoms with Crippen molar-refractivity contribution in [1.82, 2.24) is 13.9 Å². The Morgan fingerprint density at radius 3 is 2.69 bits per heavy atom. The standard InChI is InChI=1S/C21H17FN4O2S/c1-12-4-3-5-16(13(12)2)24-17(27)10-26-11-23-19-18(25-29-20(19)21(26)28)14-6-8-15(22)9-7-14/h3-9,11H,10H2,1-2H3,(H,24,27). The quantitative estimate of drug-likeness (QED) is 0.555. The predicted octanol–water partition coefficient (Wildman–Crippen LogP) is 3.91. The molecule has 4 rings (SSSR count). The Morgan fingerprint density at radius 1 is 1.17 bits per heavy atom. The van der Waals surface area contributed by atoms with Gasteiger partial charge in [0.25, 0.3) is 5.56 Å². The molecular weight excluding hydrogens is 391 g/mol. The topological polar surface area (TPSA) is 76.9 Å². The van der Waals surface area contributed by atoms with Gasteiger partial charge < -0.3 is 5.32 Å². The summed E-state index contributed by atoms with van der Waals surface area (Å²) in [5.74, 6) is -0.663. The molecule has 0 saturated carbocycles. The summed E-state index contributed by atoms with van der Waals surface area (Å²) in [4.78, 5) is 29.6. The molecule has 2 heterocycles. The number of carbonyl (C=O) groups is 1. The molecule has 146 valence electrons. The van der Waals surface area contributed by atoms with E-state index in [4.69, 9.17) is 0 Å². The number of aryl methyl sites for hydroxylation is 1. The predicted molar refractivity (Wildman–Crippen MR) is 112 cm³/mol. The Hall–Kier alpha value is -3.39. The summed E-state index contributed by atoms with van der Waals surface area (Å²) in [6.07, 6.45) is 1.34. The van der Waals surface area contributed by atoms with Crippen LogP contribution >= 0.6 is 11.5 Å². The molecular formula is C21H17FN4O2S. The summed E-state index contributed by atoms with van der Waals surface area (Å²) in [6.45, 7) is 3.74. The number of amides is 1. The van der Waals surface area contributed by atoms with E-state index in [1.807, 2.05) is 32.0 Å². The molecule has 4 aromatic rings. The molecule has 6 nitrogen and oxygen atoms in total. The normalized spacial score (nSPS) is 11.0. The molecule has 0 aliphatic heterocycles. The second kappa shape index (κ2) is 7.56. The third kappa shape index (κ3) is 3.66. The molecule has 0 spiro atoms. The van der Waals surface area contributed by atoms with Gasteiger partial charge in [-0.3, -0.25) is 14.2 Å². The first-order valence-corrected chi connectivity index (χ1v) is 9.68. The number of carbonyl (C=O) groups excluding carboxylic acids is 1. The molecule has 1 amide bonds. The van der Waals surface area contributed by atoms with Gasteiger partial charge in [-0.1, -0.05) is 12.1 Å². The van der Waals surface area contributed by atoms with E-state index in [1.54, 1.807) is 12.1 Å². The zero-order chi connectivity index (χ0) is 20.5. The van der Waals surface area contributed by atoms with Crippen LogP contribution in [0, 0.1) is 19.7 Å². The number of hydrogen-bond acceptors (Lipinski definition) is 5. The summed E-state index contributed by atoms with van der Waals surface area (Å²) in [6, 6.07) is 11.5. The molecule has 0 aliphatic rings. The van der Waals surface area contributed by atoms with Crippen molar-refractivity contribution in [2.75, 3.05) is 5.32 Å². The minimum atomic E-state index is -0.349. The van der Waals surface area contributed by atoms with Gasteiger partial charge in [0.2, 0.25) is 5.91 Å². The van der Waals surface area contributed by atoms with Crippen molar-refractivity contribution in [3.63, 3.8) is 0 Å². The fourth-order valence-electron chi connectivity index (χ4n) is 3.00. The van der Waals surface area contributed by atoms with Gasteiger partial charge in [0, 0.05) is 11.3 Å². The summed E-state index contributed by atoms with van der Waals surface area (Å²) in [5, 5.41) is 2.84. The second-order valence-corrected chi connectivity index (χ2v) is 7.46. The number of halogens is 1. The lowest BCUT2D eigenvalue weighted by molar-refractivity contribution is -0.116. The highest BCUT2D eigenvalue weighted by Gasteiger charge is 2.16. The van der Waals surface area contributed by atoms with Crippen LogP contribution in [0.15, 0.2) is 53.6 Å². The van der Waals surface area contributed by atoms with E-state index in [2.05, 4.69) is 14.7 Å². The second-order valence-electron chi connectivity index (χ2n) is 6.69. The van der Waals surface area contributed by atoms with Crippen molar-refractivity contribution >= 4 is 33.3 Å². The molecule has 2 aromatic carbocycles. The molecule has 0 saturated heterocycles. The zero-order valence-corrected chi connectivity index (χ0v) is 16.6. The molecule has 1 N–H and O–H groups in total. The average molecular weight is 408 g/mol. The summed E-state index contributed by atoms with van der Waals surface area (Å²) >= 11 is 1.02. The summed E-state index contributed by atoms with van der Waals surface area (Å²) in [7, 11) is 0. The highest BCUT2D eigenvalue weighted by Crippen LogP contribution is 2.27. The van der Waals surface area contributed by atoms with E-state index in [-0.39, 0.29) is 23.8 Å². The van der Waals surface area contributed by atoms with Gasteiger partial charge in [-0.15, -0.1) is 0 Å². The largest absolute Gasteiger partial charge is 0.324 e. The average Bonchev–Trinajstić information content (AvgIpc) is 3.13. The van der Waals surface area contributed by atoms with Gasteiger partial charge in [0.1, 0.15) is 28.3 Å². The molecule has 8 heteroatoms. The molecule has 2 aromatic heterocycles. The third-order valence-corrected chi connectivity index (χ3v) is 5.58. The first-order valence-electron chi connectivity index (χ1n) is 8.91. The summed E-state index contributed by atoms with van der Waals surface area (Å²) < 4.78 is 19.1. The van der Waals surface area contributed by atoms with Crippen molar-refractivity contribution in [2.45, 2.75) is 20.4 Å². The van der Waals surface area contributed by atoms with E-state index < -0.39 is 0 Å². The van der Waals surface area contributed by atoms with Crippen molar-refractivity contribution in [3.8, 4) is 11.3 Å². The maximum atomic E-state index is 13.2. The van der Waals surface area contributed by atoms with Gasteiger partial charge in [-0.25, -0.2) is 9.37 Å². The fraction of sp³-hybridized carbons (Fsp3) is 0.143. The molecule has 0 aliphatic carbocycles. The van der Waals surface area contributed by atoms with E-state index >= 15 is 0 Å². The number of hydrogen-bond donors (Lipinski definition) is 1. The van der Waals surface area contributed by atoms with E-state index in [1.165, 1.54) is 23.0 Å². The monoisotopic (exact) mass is 408 g/mol. The fourth-order valence-corrected chi connectivity index (χ4v) is 3.80. The first-order chi connectivity index (χ1) is 13.9. The lowest BCUT2D eigenvalue weighted by Gasteiger charge is -2.11. The Balaban J connectivity index is 1.61. The number of fused-ring (bicyclic) bond motifs is 1. The molecule has 0 radical (unpaired) electrons. The number of benzene rings is 2. The van der Waals surface area contributed by atoms with Crippen LogP contribution in [0.2, 0.25) is 0 Å². The maximum absolute atomic E-state index is 13.2. The van der Waals surface area contributed by atoms with Gasteiger partial charge in [0.05, 0.1) is 6.33 Å². The van der Waals surface area contributed by atoms with Crippen LogP contribution in [0.5, 0.6) is 0 Å². The van der Waals surface area contributed by atoms with E-state index in [0.717, 1.165) is 22.7 Å². The van der Waals surface area contributed by atoms with Gasteiger partial charge in [-0.2, -0.15) is 4.37 Å². The zero-order valence-electron chi connectivity index (χ0n) is 15.8. The SMILES string of the molecule is Cc1cccc(NC(=O)Cn2cnc3c(-c4ccc(F)cc4)nsc3c2=O)c1C. The Kier molecular flexibility index (Phi) is 4.94. The maximum Gasteiger partial charge on any atom is 0.273 e. The van der Waals surface area contributed by atoms with Crippen molar-refractivity contribution in [1.29, 1.82) is 0 Å². The van der Waals surface area contributed by atoms with Crippen LogP contribution in [0.3, 0.4) is 0 Å². The van der Waals surface area contributed by atoms with Gasteiger partial charge in [0.15, 0.2) is 0 Å². The van der Waals surface area contributed by atoms with Gasteiger partial charge in [-0.05, 0) is 66.8 Å². The van der Waals surface area contributed by atoms with Gasteiger partial charge >= 0.3 is 0 Å². The lowest BCUT2D eigenvalue weighted by Crippen LogP contribution is -2.27. The number of nitrogens with one attached hydrogen (secondary N) is 1. The third-order valence-electron chi connectivity index (χ3n) is 4.76. The highest BCUT2D eigenvalue weighted by atomic mass is 32.1. The number of rotatable bonds is 4. The molecule has 29 heavy (non-hydrogen) atoms. The van der Waals surface area contributed by atoms with Crippen LogP contribution in [0.25, 0.3) is 21.5 Å². The number of nitrogens with zero attached hydrogens (tertiary/aromatic N) is 3. The van der Waals surface area contributed by atoms with E-state index in [0.29, 0.717) is 27.2 Å². The number of anilines is 1. The van der Waals surface area contributed by atoms with Crippen LogP contribution < -0.4 is 10.9 Å². The van der Waals surface area contributed by atoms with Crippen LogP contribution in [-0.4, -0.2) is 19.8 Å². The number of aromatic nitrogens is 3. The Morgan fingerprint density at radius 2 is 1.93 bits per heavy atom. The van der Waals surface area contributed by atoms with Crippen LogP contribution in [-0.2, 0) is 11.3 Å². The smallest absolute Gasteiger partial charge is 0.273 e.